The van der Waals surface area contributed by atoms with Gasteiger partial charge in [-0.1, -0.05) is 0 Å². The number of thioether (sulfide) groups is 2. The molecule has 16 heavy (non-hydrogen) atoms. The van der Waals surface area contributed by atoms with Crippen molar-refractivity contribution in [1.29, 1.82) is 0 Å². The van der Waals surface area contributed by atoms with Crippen molar-refractivity contribution < 1.29 is 9.59 Å². The van der Waals surface area contributed by atoms with E-state index in [0.29, 0.717) is 0 Å². The first-order chi connectivity index (χ1) is 7.26. The Morgan fingerprint density at radius 3 is 2.50 bits per heavy atom. The summed E-state index contributed by atoms with van der Waals surface area (Å²) in [7, 11) is 0. The Hall–Kier alpha value is -0.400. The highest BCUT2D eigenvalue weighted by molar-refractivity contribution is 8.17. The fraction of sp³-hybridized carbons (Fsp3) is 0.778. The average molecular weight is 263 g/mol. The van der Waals surface area contributed by atoms with Crippen molar-refractivity contribution in [1.82, 2.24) is 10.3 Å². The van der Waals surface area contributed by atoms with Gasteiger partial charge in [-0.05, 0) is 27.0 Å². The highest BCUT2D eigenvalue weighted by atomic mass is 32.2. The molecule has 0 aromatic carbocycles. The minimum atomic E-state index is -0.721. The van der Waals surface area contributed by atoms with E-state index in [9.17, 15) is 9.59 Å². The summed E-state index contributed by atoms with van der Waals surface area (Å²) >= 11 is 2.72. The maximum absolute atomic E-state index is 11.8. The van der Waals surface area contributed by atoms with Gasteiger partial charge in [0.15, 0.2) is 5.25 Å². The molecule has 3 N–H and O–H groups in total. The molecule has 0 spiro atoms. The van der Waals surface area contributed by atoms with Crippen LogP contribution in [0.2, 0.25) is 0 Å². The smallest absolute Gasteiger partial charge is 0.261 e. The van der Waals surface area contributed by atoms with Crippen LogP contribution in [0.25, 0.3) is 0 Å². The molecule has 1 rings (SSSR count). The third-order valence-electron chi connectivity index (χ3n) is 1.90. The Morgan fingerprint density at radius 1 is 1.56 bits per heavy atom. The number of carbonyl (C=O) groups is 2. The quantitative estimate of drug-likeness (QED) is 0.427. The second kappa shape index (κ2) is 4.85. The summed E-state index contributed by atoms with van der Waals surface area (Å²) in [6.45, 7) is 5.63. The molecule has 0 aromatic heterocycles. The van der Waals surface area contributed by atoms with Crippen molar-refractivity contribution >= 4 is 35.3 Å². The van der Waals surface area contributed by atoms with Gasteiger partial charge in [0.25, 0.3) is 5.91 Å². The first-order valence-corrected chi connectivity index (χ1v) is 7.07. The monoisotopic (exact) mass is 263 g/mol. The minimum absolute atomic E-state index is 0.178. The van der Waals surface area contributed by atoms with Gasteiger partial charge in [-0.25, -0.2) is 5.84 Å². The fourth-order valence-electron chi connectivity index (χ4n) is 1.26. The molecule has 0 radical (unpaired) electrons. The van der Waals surface area contributed by atoms with Gasteiger partial charge in [-0.15, -0.1) is 23.5 Å². The highest BCUT2D eigenvalue weighted by Crippen LogP contribution is 2.35. The van der Waals surface area contributed by atoms with Crippen molar-refractivity contribution in [2.24, 2.45) is 5.84 Å². The van der Waals surface area contributed by atoms with Crippen LogP contribution in [0.4, 0.5) is 0 Å². The zero-order valence-corrected chi connectivity index (χ0v) is 11.4. The second-order valence-electron chi connectivity index (χ2n) is 4.54. The number of rotatable bonds is 2. The Labute approximate surface area is 104 Å². The van der Waals surface area contributed by atoms with Crippen LogP contribution in [0.5, 0.6) is 0 Å². The van der Waals surface area contributed by atoms with Crippen LogP contribution < -0.4 is 11.2 Å². The lowest BCUT2D eigenvalue weighted by molar-refractivity contribution is -0.134. The molecule has 7 heteroatoms. The Kier molecular flexibility index (Phi) is 4.14. The summed E-state index contributed by atoms with van der Waals surface area (Å²) in [5, 5.41) is 3.19. The first-order valence-electron chi connectivity index (χ1n) is 4.84. The van der Waals surface area contributed by atoms with Gasteiger partial charge in [0, 0.05) is 5.54 Å². The molecule has 0 saturated carbocycles. The van der Waals surface area contributed by atoms with E-state index in [4.69, 9.17) is 5.84 Å². The standard InChI is InChI=1S/C9H17N3O2S2/c1-9(2,3)11-6(13)5-7(14)12(10)8(15-4)16-5/h5,8H,10H2,1-4H3,(H,11,13). The zero-order valence-electron chi connectivity index (χ0n) is 9.81. The molecule has 1 saturated heterocycles. The third-order valence-corrected chi connectivity index (χ3v) is 4.59. The summed E-state index contributed by atoms with van der Waals surface area (Å²) in [4.78, 5) is 23.5. The number of nitrogens with one attached hydrogen (secondary N) is 1. The molecule has 1 fully saturated rings. The van der Waals surface area contributed by atoms with Gasteiger partial charge in [-0.3, -0.25) is 14.6 Å². The fourth-order valence-corrected chi connectivity index (χ4v) is 3.25. The van der Waals surface area contributed by atoms with Gasteiger partial charge in [0.2, 0.25) is 5.91 Å². The predicted molar refractivity (Wildman–Crippen MR) is 67.6 cm³/mol. The molecule has 1 aliphatic heterocycles. The molecule has 0 bridgehead atoms. The van der Waals surface area contributed by atoms with Crippen molar-refractivity contribution in [3.63, 3.8) is 0 Å². The summed E-state index contributed by atoms with van der Waals surface area (Å²) in [6.07, 6.45) is 1.86. The van der Waals surface area contributed by atoms with Crippen molar-refractivity contribution in [2.75, 3.05) is 6.26 Å². The minimum Gasteiger partial charge on any atom is -0.350 e. The lowest BCUT2D eigenvalue weighted by atomic mass is 10.1. The number of hydrogen-bond acceptors (Lipinski definition) is 5. The van der Waals surface area contributed by atoms with Crippen LogP contribution in [0.15, 0.2) is 0 Å². The number of nitrogens with zero attached hydrogens (tertiary/aromatic N) is 1. The Bertz CT molecular complexity index is 304. The van der Waals surface area contributed by atoms with E-state index < -0.39 is 5.25 Å². The number of hydrogen-bond donors (Lipinski definition) is 2. The Balaban J connectivity index is 2.69. The van der Waals surface area contributed by atoms with E-state index >= 15 is 0 Å². The van der Waals surface area contributed by atoms with Crippen LogP contribution in [0, 0.1) is 0 Å². The van der Waals surface area contributed by atoms with Crippen LogP contribution in [0.1, 0.15) is 20.8 Å². The van der Waals surface area contributed by atoms with Gasteiger partial charge in [0.05, 0.1) is 0 Å². The van der Waals surface area contributed by atoms with E-state index in [1.165, 1.54) is 23.5 Å². The molecule has 2 atom stereocenters. The van der Waals surface area contributed by atoms with Crippen molar-refractivity contribution in [3.8, 4) is 0 Å². The summed E-state index contributed by atoms with van der Waals surface area (Å²) in [6, 6.07) is 0. The number of amides is 2. The molecular formula is C9H17N3O2S2. The predicted octanol–water partition coefficient (Wildman–Crippen LogP) is 0.365. The summed E-state index contributed by atoms with van der Waals surface area (Å²) in [5.41, 5.74) is -0.338. The third kappa shape index (κ3) is 3.05. The molecule has 5 nitrogen and oxygen atoms in total. The summed E-state index contributed by atoms with van der Waals surface area (Å²) in [5.74, 6) is 4.99. The molecule has 2 amide bonds. The normalized spacial score (nSPS) is 26.1. The van der Waals surface area contributed by atoms with Gasteiger partial charge in [0.1, 0.15) is 4.71 Å². The van der Waals surface area contributed by atoms with E-state index in [0.717, 1.165) is 5.01 Å². The van der Waals surface area contributed by atoms with E-state index in [1.54, 1.807) is 0 Å². The SMILES string of the molecule is CSC1SC(C(=O)NC(C)(C)C)C(=O)N1N. The largest absolute Gasteiger partial charge is 0.350 e. The molecular weight excluding hydrogens is 246 g/mol. The van der Waals surface area contributed by atoms with E-state index in [2.05, 4.69) is 5.32 Å². The van der Waals surface area contributed by atoms with Crippen molar-refractivity contribution in [3.05, 3.63) is 0 Å². The van der Waals surface area contributed by atoms with Gasteiger partial charge in [-0.2, -0.15) is 0 Å². The maximum atomic E-state index is 11.8. The molecule has 2 unspecified atom stereocenters. The summed E-state index contributed by atoms with van der Waals surface area (Å²) < 4.78 is -0.178. The van der Waals surface area contributed by atoms with Crippen LogP contribution in [0.3, 0.4) is 0 Å². The lowest BCUT2D eigenvalue weighted by Crippen LogP contribution is -2.48. The van der Waals surface area contributed by atoms with Crippen LogP contribution in [-0.4, -0.2) is 38.6 Å². The number of nitrogens with two attached hydrogens (primary N) is 1. The Morgan fingerprint density at radius 2 is 2.12 bits per heavy atom. The average Bonchev–Trinajstić information content (AvgIpc) is 2.41. The number of carbonyl (C=O) groups excluding carboxylic acids is 2. The topological polar surface area (TPSA) is 75.4 Å². The second-order valence-corrected chi connectivity index (χ2v) is 6.95. The van der Waals surface area contributed by atoms with E-state index in [-0.39, 0.29) is 22.1 Å². The molecule has 92 valence electrons. The van der Waals surface area contributed by atoms with E-state index in [1.807, 2.05) is 27.0 Å². The van der Waals surface area contributed by atoms with Gasteiger partial charge >= 0.3 is 0 Å². The zero-order chi connectivity index (χ0) is 12.5. The maximum Gasteiger partial charge on any atom is 0.261 e. The highest BCUT2D eigenvalue weighted by Gasteiger charge is 2.43. The molecule has 1 heterocycles. The number of hydrazine groups is 1. The lowest BCUT2D eigenvalue weighted by Gasteiger charge is -2.21. The van der Waals surface area contributed by atoms with Gasteiger partial charge < -0.3 is 5.32 Å². The van der Waals surface area contributed by atoms with Crippen LogP contribution >= 0.6 is 23.5 Å². The molecule has 1 aliphatic rings. The first kappa shape index (κ1) is 13.7. The molecule has 0 aliphatic carbocycles. The molecule has 0 aromatic rings. The van der Waals surface area contributed by atoms with Crippen LogP contribution in [-0.2, 0) is 9.59 Å². The van der Waals surface area contributed by atoms with Crippen molar-refractivity contribution in [2.45, 2.75) is 36.3 Å².